The molecule has 1 unspecified atom stereocenters. The summed E-state index contributed by atoms with van der Waals surface area (Å²) in [6, 6.07) is 20.8. The van der Waals surface area contributed by atoms with Crippen LogP contribution in [0.1, 0.15) is 30.5 Å². The number of carbonyl (C=O) groups excluding carboxylic acids is 2. The third kappa shape index (κ3) is 7.89. The van der Waals surface area contributed by atoms with Gasteiger partial charge in [-0.1, -0.05) is 60.7 Å². The first-order chi connectivity index (χ1) is 18.0. The number of carbonyl (C=O) groups is 2. The van der Waals surface area contributed by atoms with E-state index in [9.17, 15) is 22.4 Å². The number of hydrogen-bond donors (Lipinski definition) is 1. The number of benzene rings is 3. The van der Waals surface area contributed by atoms with Gasteiger partial charge in [-0.05, 0) is 55.7 Å². The lowest BCUT2D eigenvalue weighted by atomic mass is 10.0. The van der Waals surface area contributed by atoms with Gasteiger partial charge in [-0.2, -0.15) is 0 Å². The Morgan fingerprint density at radius 1 is 0.947 bits per heavy atom. The van der Waals surface area contributed by atoms with Crippen LogP contribution in [0.5, 0.6) is 0 Å². The molecule has 0 radical (unpaired) electrons. The summed E-state index contributed by atoms with van der Waals surface area (Å²) in [5.41, 5.74) is 2.64. The van der Waals surface area contributed by atoms with E-state index in [1.165, 1.54) is 23.1 Å². The number of rotatable bonds is 11. The molecule has 0 aliphatic heterocycles. The Labute approximate surface area is 224 Å². The molecule has 0 aliphatic rings. The van der Waals surface area contributed by atoms with E-state index in [4.69, 9.17) is 0 Å². The second-order valence-corrected chi connectivity index (χ2v) is 11.5. The van der Waals surface area contributed by atoms with Crippen molar-refractivity contribution in [1.82, 2.24) is 10.2 Å². The predicted octanol–water partition coefficient (Wildman–Crippen LogP) is 4.06. The maximum absolute atomic E-state index is 14.0. The maximum atomic E-state index is 14.0. The van der Waals surface area contributed by atoms with Gasteiger partial charge < -0.3 is 10.2 Å². The van der Waals surface area contributed by atoms with Gasteiger partial charge in [-0.15, -0.1) is 0 Å². The van der Waals surface area contributed by atoms with E-state index in [-0.39, 0.29) is 30.6 Å². The van der Waals surface area contributed by atoms with E-state index >= 15 is 0 Å². The highest BCUT2D eigenvalue weighted by molar-refractivity contribution is 7.92. The highest BCUT2D eigenvalue weighted by atomic mass is 32.2. The predicted molar refractivity (Wildman–Crippen MR) is 148 cm³/mol. The molecule has 0 heterocycles. The summed E-state index contributed by atoms with van der Waals surface area (Å²) in [6.07, 6.45) is 1.19. The summed E-state index contributed by atoms with van der Waals surface area (Å²) in [6.45, 7) is 5.08. The Hall–Kier alpha value is -3.72. The highest BCUT2D eigenvalue weighted by Crippen LogP contribution is 2.22. The SMILES string of the molecule is Cc1ccccc1CN(C(=O)CN(c1cccc(F)c1)S(C)(=O)=O)C(Cc1ccccc1)C(=O)NC(C)C. The van der Waals surface area contributed by atoms with Crippen LogP contribution in [0.25, 0.3) is 0 Å². The molecule has 1 atom stereocenters. The first-order valence-corrected chi connectivity index (χ1v) is 14.2. The van der Waals surface area contributed by atoms with E-state index in [1.54, 1.807) is 0 Å². The number of amides is 2. The zero-order valence-corrected chi connectivity index (χ0v) is 22.9. The summed E-state index contributed by atoms with van der Waals surface area (Å²) in [5, 5.41) is 2.91. The fourth-order valence-electron chi connectivity index (χ4n) is 4.15. The molecule has 3 rings (SSSR count). The molecule has 1 N–H and O–H groups in total. The lowest BCUT2D eigenvalue weighted by molar-refractivity contribution is -0.140. The maximum Gasteiger partial charge on any atom is 0.244 e. The monoisotopic (exact) mass is 539 g/mol. The molecule has 0 saturated carbocycles. The lowest BCUT2D eigenvalue weighted by Gasteiger charge is -2.34. The van der Waals surface area contributed by atoms with Crippen molar-refractivity contribution in [1.29, 1.82) is 0 Å². The van der Waals surface area contributed by atoms with Gasteiger partial charge in [0.1, 0.15) is 18.4 Å². The molecule has 7 nitrogen and oxygen atoms in total. The zero-order chi connectivity index (χ0) is 27.9. The first kappa shape index (κ1) is 28.8. The van der Waals surface area contributed by atoms with Crippen molar-refractivity contribution < 1.29 is 22.4 Å². The van der Waals surface area contributed by atoms with Crippen LogP contribution in [0.15, 0.2) is 78.9 Å². The van der Waals surface area contributed by atoms with Gasteiger partial charge >= 0.3 is 0 Å². The van der Waals surface area contributed by atoms with Crippen molar-refractivity contribution in [2.24, 2.45) is 0 Å². The molecule has 202 valence electrons. The minimum atomic E-state index is -3.95. The normalized spacial score (nSPS) is 12.2. The lowest BCUT2D eigenvalue weighted by Crippen LogP contribution is -2.54. The Morgan fingerprint density at radius 3 is 2.21 bits per heavy atom. The van der Waals surface area contributed by atoms with Crippen LogP contribution < -0.4 is 9.62 Å². The summed E-state index contributed by atoms with van der Waals surface area (Å²) in [7, 11) is -3.95. The molecule has 0 saturated heterocycles. The number of hydrogen-bond acceptors (Lipinski definition) is 4. The van der Waals surface area contributed by atoms with Crippen LogP contribution in [0.2, 0.25) is 0 Å². The standard InChI is InChI=1S/C29H34FN3O4S/c1-21(2)31-29(35)27(17-23-12-6-5-7-13-23)32(19-24-14-9-8-11-22(24)3)28(34)20-33(38(4,36)37)26-16-10-15-25(30)18-26/h5-16,18,21,27H,17,19-20H2,1-4H3,(H,31,35). The van der Waals surface area contributed by atoms with Crippen LogP contribution in [-0.4, -0.2) is 50.0 Å². The first-order valence-electron chi connectivity index (χ1n) is 12.4. The van der Waals surface area contributed by atoms with Gasteiger partial charge in [-0.3, -0.25) is 13.9 Å². The average Bonchev–Trinajstić information content (AvgIpc) is 2.85. The van der Waals surface area contributed by atoms with Gasteiger partial charge in [0.05, 0.1) is 11.9 Å². The Bertz CT molecular complexity index is 1360. The van der Waals surface area contributed by atoms with Gasteiger partial charge in [0.25, 0.3) is 0 Å². The summed E-state index contributed by atoms with van der Waals surface area (Å²) >= 11 is 0. The van der Waals surface area contributed by atoms with E-state index in [2.05, 4.69) is 5.32 Å². The van der Waals surface area contributed by atoms with Crippen LogP contribution >= 0.6 is 0 Å². The molecule has 38 heavy (non-hydrogen) atoms. The Morgan fingerprint density at radius 2 is 1.61 bits per heavy atom. The number of nitrogens with one attached hydrogen (secondary N) is 1. The Balaban J connectivity index is 2.07. The van der Waals surface area contributed by atoms with Crippen molar-refractivity contribution in [3.8, 4) is 0 Å². The highest BCUT2D eigenvalue weighted by Gasteiger charge is 2.33. The number of aryl methyl sites for hydroxylation is 1. The third-order valence-electron chi connectivity index (χ3n) is 6.08. The molecule has 9 heteroatoms. The minimum Gasteiger partial charge on any atom is -0.352 e. The van der Waals surface area contributed by atoms with E-state index in [1.807, 2.05) is 75.4 Å². The van der Waals surface area contributed by atoms with Gasteiger partial charge in [0.15, 0.2) is 0 Å². The second-order valence-electron chi connectivity index (χ2n) is 9.57. The fraction of sp³-hybridized carbons (Fsp3) is 0.310. The van der Waals surface area contributed by atoms with Crippen molar-refractivity contribution >= 4 is 27.5 Å². The van der Waals surface area contributed by atoms with Gasteiger partial charge in [0, 0.05) is 19.0 Å². The van der Waals surface area contributed by atoms with Crippen LogP contribution in [0.4, 0.5) is 10.1 Å². The van der Waals surface area contributed by atoms with Crippen LogP contribution in [0, 0.1) is 12.7 Å². The topological polar surface area (TPSA) is 86.8 Å². The van der Waals surface area contributed by atoms with E-state index in [0.29, 0.717) is 0 Å². The molecule has 2 amide bonds. The van der Waals surface area contributed by atoms with Crippen molar-refractivity contribution in [2.75, 3.05) is 17.1 Å². The van der Waals surface area contributed by atoms with Gasteiger partial charge in [-0.25, -0.2) is 12.8 Å². The van der Waals surface area contributed by atoms with Crippen LogP contribution in [0.3, 0.4) is 0 Å². The largest absolute Gasteiger partial charge is 0.352 e. The zero-order valence-electron chi connectivity index (χ0n) is 22.1. The molecule has 3 aromatic carbocycles. The summed E-state index contributed by atoms with van der Waals surface area (Å²) in [4.78, 5) is 28.9. The summed E-state index contributed by atoms with van der Waals surface area (Å²) in [5.74, 6) is -1.55. The molecule has 0 fully saturated rings. The molecule has 0 aliphatic carbocycles. The number of nitrogens with zero attached hydrogens (tertiary/aromatic N) is 2. The van der Waals surface area contributed by atoms with E-state index < -0.39 is 34.3 Å². The second kappa shape index (κ2) is 12.7. The van der Waals surface area contributed by atoms with Gasteiger partial charge in [0.2, 0.25) is 21.8 Å². The fourth-order valence-corrected chi connectivity index (χ4v) is 4.99. The molecule has 0 bridgehead atoms. The molecular weight excluding hydrogens is 505 g/mol. The number of halogens is 1. The molecule has 3 aromatic rings. The molecular formula is C29H34FN3O4S. The van der Waals surface area contributed by atoms with Crippen molar-refractivity contribution in [3.05, 3.63) is 101 Å². The van der Waals surface area contributed by atoms with Crippen LogP contribution in [-0.2, 0) is 32.6 Å². The van der Waals surface area contributed by atoms with E-state index in [0.717, 1.165) is 33.3 Å². The number of sulfonamides is 1. The smallest absolute Gasteiger partial charge is 0.244 e. The molecule has 0 aromatic heterocycles. The molecule has 0 spiro atoms. The average molecular weight is 540 g/mol. The third-order valence-corrected chi connectivity index (χ3v) is 7.22. The number of anilines is 1. The Kier molecular flexibility index (Phi) is 9.63. The quantitative estimate of drug-likeness (QED) is 0.398. The van der Waals surface area contributed by atoms with Crippen molar-refractivity contribution in [3.63, 3.8) is 0 Å². The minimum absolute atomic E-state index is 0.0305. The summed E-state index contributed by atoms with van der Waals surface area (Å²) < 4.78 is 40.3. The van der Waals surface area contributed by atoms with Crippen molar-refractivity contribution in [2.45, 2.75) is 45.8 Å².